The Balaban J connectivity index is 2.30. The molecule has 0 unspecified atom stereocenters. The van der Waals surface area contributed by atoms with Gasteiger partial charge in [-0.3, -0.25) is 4.57 Å². The van der Waals surface area contributed by atoms with Crippen molar-refractivity contribution in [2.75, 3.05) is 5.88 Å². The van der Waals surface area contributed by atoms with Gasteiger partial charge in [0, 0.05) is 28.0 Å². The van der Waals surface area contributed by atoms with Crippen molar-refractivity contribution < 1.29 is 0 Å². The van der Waals surface area contributed by atoms with Crippen molar-refractivity contribution in [1.29, 1.82) is 0 Å². The molecule has 0 bridgehead atoms. The summed E-state index contributed by atoms with van der Waals surface area (Å²) in [5, 5.41) is 0.678. The van der Waals surface area contributed by atoms with Crippen LogP contribution in [-0.4, -0.2) is 20.4 Å². The van der Waals surface area contributed by atoms with Crippen molar-refractivity contribution in [2.24, 2.45) is 0 Å². The van der Waals surface area contributed by atoms with Gasteiger partial charge in [0.25, 0.3) is 0 Å². The number of aromatic nitrogens is 3. The molecule has 102 valence electrons. The molecule has 20 heavy (non-hydrogen) atoms. The van der Waals surface area contributed by atoms with Gasteiger partial charge in [0.2, 0.25) is 0 Å². The van der Waals surface area contributed by atoms with E-state index in [0.717, 1.165) is 27.1 Å². The minimum absolute atomic E-state index is 0.508. The number of alkyl halides is 1. The molecule has 0 saturated heterocycles. The van der Waals surface area contributed by atoms with Gasteiger partial charge in [0.1, 0.15) is 11.3 Å². The van der Waals surface area contributed by atoms with Gasteiger partial charge in [0.15, 0.2) is 5.65 Å². The summed E-state index contributed by atoms with van der Waals surface area (Å²) >= 11 is 15.4. The first kappa shape index (κ1) is 13.9. The SMILES string of the molecule is ClCCc1nc2cccnc2n1-c1ccc(Cl)cc1Br. The van der Waals surface area contributed by atoms with E-state index < -0.39 is 0 Å². The Bertz CT molecular complexity index is 770. The topological polar surface area (TPSA) is 30.7 Å². The number of imidazole rings is 1. The summed E-state index contributed by atoms with van der Waals surface area (Å²) < 4.78 is 2.91. The second-order valence-electron chi connectivity index (χ2n) is 4.24. The molecule has 0 aliphatic rings. The molecule has 0 atom stereocenters. The Morgan fingerprint density at radius 2 is 2.10 bits per heavy atom. The van der Waals surface area contributed by atoms with Crippen molar-refractivity contribution in [1.82, 2.24) is 14.5 Å². The van der Waals surface area contributed by atoms with Crippen LogP contribution in [0.4, 0.5) is 0 Å². The zero-order valence-corrected chi connectivity index (χ0v) is 13.5. The standard InChI is InChI=1S/C14H10BrCl2N3/c15-10-8-9(17)3-4-12(10)20-13(5-6-16)19-11-2-1-7-18-14(11)20/h1-4,7-8H,5-6H2. The molecule has 2 aromatic heterocycles. The lowest BCUT2D eigenvalue weighted by Crippen LogP contribution is -2.03. The minimum Gasteiger partial charge on any atom is -0.280 e. The summed E-state index contributed by atoms with van der Waals surface area (Å²) in [4.78, 5) is 9.03. The summed E-state index contributed by atoms with van der Waals surface area (Å²) in [5.41, 5.74) is 2.63. The molecule has 0 radical (unpaired) electrons. The van der Waals surface area contributed by atoms with Gasteiger partial charge in [-0.2, -0.15) is 0 Å². The van der Waals surface area contributed by atoms with E-state index in [2.05, 4.69) is 25.9 Å². The number of fused-ring (bicyclic) bond motifs is 1. The maximum atomic E-state index is 6.01. The molecule has 0 N–H and O–H groups in total. The summed E-state index contributed by atoms with van der Waals surface area (Å²) in [6.45, 7) is 0. The highest BCUT2D eigenvalue weighted by molar-refractivity contribution is 9.10. The summed E-state index contributed by atoms with van der Waals surface area (Å²) in [6, 6.07) is 9.47. The quantitative estimate of drug-likeness (QED) is 0.630. The zero-order valence-electron chi connectivity index (χ0n) is 10.4. The van der Waals surface area contributed by atoms with Gasteiger partial charge in [-0.05, 0) is 46.3 Å². The maximum absolute atomic E-state index is 6.01. The smallest absolute Gasteiger partial charge is 0.164 e. The van der Waals surface area contributed by atoms with Crippen LogP contribution in [0.2, 0.25) is 5.02 Å². The van der Waals surface area contributed by atoms with Crippen molar-refractivity contribution in [3.63, 3.8) is 0 Å². The summed E-state index contributed by atoms with van der Waals surface area (Å²) in [7, 11) is 0. The van der Waals surface area contributed by atoms with Crippen LogP contribution < -0.4 is 0 Å². The van der Waals surface area contributed by atoms with E-state index in [9.17, 15) is 0 Å². The monoisotopic (exact) mass is 369 g/mol. The third kappa shape index (κ3) is 2.43. The zero-order chi connectivity index (χ0) is 14.1. The van der Waals surface area contributed by atoms with Crippen LogP contribution in [0.25, 0.3) is 16.9 Å². The van der Waals surface area contributed by atoms with Gasteiger partial charge < -0.3 is 0 Å². The summed E-state index contributed by atoms with van der Waals surface area (Å²) in [5.74, 6) is 1.39. The number of pyridine rings is 1. The van der Waals surface area contributed by atoms with E-state index in [-0.39, 0.29) is 0 Å². The lowest BCUT2D eigenvalue weighted by molar-refractivity contribution is 0.902. The molecule has 3 rings (SSSR count). The Hall–Kier alpha value is -1.10. The van der Waals surface area contributed by atoms with Crippen LogP contribution in [0.1, 0.15) is 5.82 Å². The van der Waals surface area contributed by atoms with Crippen LogP contribution >= 0.6 is 39.1 Å². The molecule has 1 aromatic carbocycles. The number of benzene rings is 1. The maximum Gasteiger partial charge on any atom is 0.164 e. The molecule has 0 fully saturated rings. The van der Waals surface area contributed by atoms with Gasteiger partial charge in [-0.25, -0.2) is 9.97 Å². The number of aryl methyl sites for hydroxylation is 1. The van der Waals surface area contributed by atoms with Crippen LogP contribution in [-0.2, 0) is 6.42 Å². The molecule has 3 aromatic rings. The third-order valence-electron chi connectivity index (χ3n) is 2.95. The van der Waals surface area contributed by atoms with E-state index >= 15 is 0 Å². The predicted molar refractivity (Wildman–Crippen MR) is 86.0 cm³/mol. The van der Waals surface area contributed by atoms with E-state index in [0.29, 0.717) is 17.3 Å². The lowest BCUT2D eigenvalue weighted by atomic mass is 10.3. The molecule has 0 spiro atoms. The van der Waals surface area contributed by atoms with Gasteiger partial charge in [-0.1, -0.05) is 11.6 Å². The van der Waals surface area contributed by atoms with Gasteiger partial charge in [0.05, 0.1) is 5.69 Å². The molecule has 0 saturated carbocycles. The second kappa shape index (κ2) is 5.72. The number of rotatable bonds is 3. The number of hydrogen-bond acceptors (Lipinski definition) is 2. The molecule has 6 heteroatoms. The van der Waals surface area contributed by atoms with Crippen LogP contribution in [0, 0.1) is 0 Å². The van der Waals surface area contributed by atoms with E-state index in [1.165, 1.54) is 0 Å². The third-order valence-corrected chi connectivity index (χ3v) is 4.01. The van der Waals surface area contributed by atoms with Crippen LogP contribution in [0.3, 0.4) is 0 Å². The highest BCUT2D eigenvalue weighted by atomic mass is 79.9. The molecular formula is C14H10BrCl2N3. The van der Waals surface area contributed by atoms with Crippen molar-refractivity contribution in [3.05, 3.63) is 51.8 Å². The number of nitrogens with zero attached hydrogens (tertiary/aromatic N) is 3. The van der Waals surface area contributed by atoms with Crippen molar-refractivity contribution in [2.45, 2.75) is 6.42 Å². The minimum atomic E-state index is 0.508. The predicted octanol–water partition coefficient (Wildman–Crippen LogP) is 4.62. The highest BCUT2D eigenvalue weighted by Crippen LogP contribution is 2.28. The first-order chi connectivity index (χ1) is 9.70. The van der Waals surface area contributed by atoms with Gasteiger partial charge in [-0.15, -0.1) is 11.6 Å². The molecule has 2 heterocycles. The Labute approximate surface area is 134 Å². The Morgan fingerprint density at radius 3 is 2.85 bits per heavy atom. The average Bonchev–Trinajstić information content (AvgIpc) is 2.78. The fraction of sp³-hybridized carbons (Fsp3) is 0.143. The Morgan fingerprint density at radius 1 is 1.25 bits per heavy atom. The first-order valence-electron chi connectivity index (χ1n) is 6.04. The second-order valence-corrected chi connectivity index (χ2v) is 5.91. The van der Waals surface area contributed by atoms with E-state index in [4.69, 9.17) is 23.2 Å². The Kier molecular flexibility index (Phi) is 3.96. The molecular weight excluding hydrogens is 361 g/mol. The molecule has 3 nitrogen and oxygen atoms in total. The number of halogens is 3. The van der Waals surface area contributed by atoms with E-state index in [1.807, 2.05) is 34.9 Å². The molecule has 0 aliphatic heterocycles. The number of hydrogen-bond donors (Lipinski definition) is 0. The molecule has 0 amide bonds. The molecule has 0 aliphatic carbocycles. The summed E-state index contributed by atoms with van der Waals surface area (Å²) in [6.07, 6.45) is 2.43. The van der Waals surface area contributed by atoms with Gasteiger partial charge >= 0.3 is 0 Å². The van der Waals surface area contributed by atoms with Crippen molar-refractivity contribution >= 4 is 50.3 Å². The highest BCUT2D eigenvalue weighted by Gasteiger charge is 2.15. The largest absolute Gasteiger partial charge is 0.280 e. The van der Waals surface area contributed by atoms with Crippen molar-refractivity contribution in [3.8, 4) is 5.69 Å². The van der Waals surface area contributed by atoms with E-state index in [1.54, 1.807) is 6.20 Å². The lowest BCUT2D eigenvalue weighted by Gasteiger charge is -2.10. The fourth-order valence-corrected chi connectivity index (χ4v) is 3.16. The average molecular weight is 371 g/mol. The normalized spacial score (nSPS) is 11.2. The van der Waals surface area contributed by atoms with Crippen LogP contribution in [0.15, 0.2) is 41.0 Å². The first-order valence-corrected chi connectivity index (χ1v) is 7.75. The van der Waals surface area contributed by atoms with Crippen LogP contribution in [0.5, 0.6) is 0 Å². The fourth-order valence-electron chi connectivity index (χ4n) is 2.13.